The molecule has 1 aromatic carbocycles. The minimum absolute atomic E-state index is 0.152. The second-order valence-corrected chi connectivity index (χ2v) is 5.70. The Kier molecular flexibility index (Phi) is 5.62. The number of nitrogens with one attached hydrogen (secondary N) is 2. The molecule has 21 heavy (non-hydrogen) atoms. The number of benzene rings is 1. The first kappa shape index (κ1) is 15.8. The predicted molar refractivity (Wildman–Crippen MR) is 85.7 cm³/mol. The fourth-order valence-electron chi connectivity index (χ4n) is 3.07. The van der Waals surface area contributed by atoms with Gasteiger partial charge in [-0.15, -0.1) is 0 Å². The molecule has 0 saturated carbocycles. The van der Waals surface area contributed by atoms with Crippen LogP contribution in [0, 0.1) is 5.41 Å². The van der Waals surface area contributed by atoms with Gasteiger partial charge in [0.1, 0.15) is 5.75 Å². The Morgan fingerprint density at radius 1 is 1.33 bits per heavy atom. The smallest absolute Gasteiger partial charge is 0.230 e. The molecule has 1 heterocycles. The fourth-order valence-corrected chi connectivity index (χ4v) is 3.07. The molecule has 1 aliphatic rings. The van der Waals surface area contributed by atoms with E-state index in [4.69, 9.17) is 4.74 Å². The fraction of sp³-hybridized carbons (Fsp3) is 0.588. The maximum absolute atomic E-state index is 12.8. The van der Waals surface area contributed by atoms with Crippen molar-refractivity contribution in [2.75, 3.05) is 25.0 Å². The first-order valence-electron chi connectivity index (χ1n) is 7.95. The molecule has 116 valence electrons. The van der Waals surface area contributed by atoms with E-state index in [0.29, 0.717) is 6.61 Å². The highest BCUT2D eigenvalue weighted by Gasteiger charge is 2.38. The van der Waals surface area contributed by atoms with Crippen LogP contribution in [-0.2, 0) is 4.79 Å². The van der Waals surface area contributed by atoms with Crippen LogP contribution >= 0.6 is 0 Å². The quantitative estimate of drug-likeness (QED) is 0.846. The Labute approximate surface area is 127 Å². The van der Waals surface area contributed by atoms with Gasteiger partial charge in [-0.05, 0) is 51.4 Å². The number of hydrogen-bond acceptors (Lipinski definition) is 3. The van der Waals surface area contributed by atoms with Crippen LogP contribution in [0.4, 0.5) is 5.69 Å². The molecule has 0 bridgehead atoms. The van der Waals surface area contributed by atoms with Crippen LogP contribution in [0.5, 0.6) is 5.75 Å². The second kappa shape index (κ2) is 7.46. The second-order valence-electron chi connectivity index (χ2n) is 5.70. The summed E-state index contributed by atoms with van der Waals surface area (Å²) in [5, 5.41) is 6.43. The Morgan fingerprint density at radius 3 is 2.76 bits per heavy atom. The lowest BCUT2D eigenvalue weighted by molar-refractivity contribution is -0.127. The van der Waals surface area contributed by atoms with Crippen LogP contribution in [-0.4, -0.2) is 25.6 Å². The van der Waals surface area contributed by atoms with Crippen molar-refractivity contribution >= 4 is 11.6 Å². The summed E-state index contributed by atoms with van der Waals surface area (Å²) in [6, 6.07) is 7.63. The van der Waals surface area contributed by atoms with Crippen LogP contribution in [0.1, 0.15) is 39.5 Å². The van der Waals surface area contributed by atoms with Crippen molar-refractivity contribution in [3.05, 3.63) is 24.3 Å². The van der Waals surface area contributed by atoms with Crippen molar-refractivity contribution in [2.45, 2.75) is 39.5 Å². The number of hydrogen-bond donors (Lipinski definition) is 2. The molecule has 4 heteroatoms. The third kappa shape index (κ3) is 3.97. The van der Waals surface area contributed by atoms with Crippen molar-refractivity contribution in [1.82, 2.24) is 5.32 Å². The van der Waals surface area contributed by atoms with Gasteiger partial charge >= 0.3 is 0 Å². The Morgan fingerprint density at radius 2 is 2.10 bits per heavy atom. The molecule has 0 atom stereocenters. The predicted octanol–water partition coefficient (Wildman–Crippen LogP) is 3.19. The summed E-state index contributed by atoms with van der Waals surface area (Å²) in [7, 11) is 0. The van der Waals surface area contributed by atoms with Gasteiger partial charge in [-0.3, -0.25) is 4.79 Å². The molecule has 4 nitrogen and oxygen atoms in total. The van der Waals surface area contributed by atoms with E-state index in [1.54, 1.807) is 0 Å². The molecule has 1 fully saturated rings. The molecule has 0 spiro atoms. The van der Waals surface area contributed by atoms with E-state index < -0.39 is 0 Å². The third-order valence-corrected chi connectivity index (χ3v) is 4.17. The third-order valence-electron chi connectivity index (χ3n) is 4.17. The first-order valence-corrected chi connectivity index (χ1v) is 7.95. The maximum atomic E-state index is 12.8. The number of rotatable bonds is 6. The summed E-state index contributed by atoms with van der Waals surface area (Å²) in [6.45, 7) is 6.57. The normalized spacial score (nSPS) is 17.2. The van der Waals surface area contributed by atoms with E-state index in [1.807, 2.05) is 31.2 Å². The number of carbonyl (C=O) groups is 1. The van der Waals surface area contributed by atoms with Crippen molar-refractivity contribution in [3.63, 3.8) is 0 Å². The number of carbonyl (C=O) groups excluding carboxylic acids is 1. The Balaban J connectivity index is 2.09. The van der Waals surface area contributed by atoms with Gasteiger partial charge < -0.3 is 15.4 Å². The van der Waals surface area contributed by atoms with Crippen molar-refractivity contribution < 1.29 is 9.53 Å². The number of amides is 1. The molecule has 1 saturated heterocycles. The van der Waals surface area contributed by atoms with Gasteiger partial charge in [0.05, 0.1) is 12.0 Å². The van der Waals surface area contributed by atoms with E-state index in [-0.39, 0.29) is 11.3 Å². The van der Waals surface area contributed by atoms with E-state index in [9.17, 15) is 4.79 Å². The summed E-state index contributed by atoms with van der Waals surface area (Å²) in [4.78, 5) is 12.8. The molecule has 2 rings (SSSR count). The van der Waals surface area contributed by atoms with Crippen molar-refractivity contribution in [1.29, 1.82) is 0 Å². The minimum Gasteiger partial charge on any atom is -0.494 e. The zero-order chi connectivity index (χ0) is 15.1. The number of piperidine rings is 1. The van der Waals surface area contributed by atoms with Crippen molar-refractivity contribution in [3.8, 4) is 5.75 Å². The van der Waals surface area contributed by atoms with Gasteiger partial charge in [0.15, 0.2) is 0 Å². The van der Waals surface area contributed by atoms with Gasteiger partial charge in [-0.2, -0.15) is 0 Å². The standard InChI is InChI=1S/C17H26N2O2/c1-3-8-17(9-11-18-12-10-17)16(20)19-14-6-5-7-15(13-14)21-4-2/h5-7,13,18H,3-4,8-12H2,1-2H3,(H,19,20). The first-order chi connectivity index (χ1) is 10.2. The van der Waals surface area contributed by atoms with Crippen LogP contribution in [0.25, 0.3) is 0 Å². The van der Waals surface area contributed by atoms with Crippen LogP contribution < -0.4 is 15.4 Å². The lowest BCUT2D eigenvalue weighted by atomic mass is 9.74. The highest BCUT2D eigenvalue weighted by molar-refractivity contribution is 5.95. The summed E-state index contributed by atoms with van der Waals surface area (Å²) >= 11 is 0. The molecule has 0 radical (unpaired) electrons. The van der Waals surface area contributed by atoms with Crippen molar-refractivity contribution in [2.24, 2.45) is 5.41 Å². The monoisotopic (exact) mass is 290 g/mol. The lowest BCUT2D eigenvalue weighted by Gasteiger charge is -2.36. The summed E-state index contributed by atoms with van der Waals surface area (Å²) in [5.74, 6) is 0.949. The zero-order valence-corrected chi connectivity index (χ0v) is 13.1. The topological polar surface area (TPSA) is 50.4 Å². The van der Waals surface area contributed by atoms with E-state index in [2.05, 4.69) is 17.6 Å². The van der Waals surface area contributed by atoms with E-state index in [0.717, 1.165) is 50.2 Å². The summed E-state index contributed by atoms with van der Waals surface area (Å²) in [6.07, 6.45) is 3.81. The number of ether oxygens (including phenoxy) is 1. The average molecular weight is 290 g/mol. The summed E-state index contributed by atoms with van der Waals surface area (Å²) in [5.41, 5.74) is 0.599. The SMILES string of the molecule is CCCC1(C(=O)Nc2cccc(OCC)c2)CCNCC1. The van der Waals surface area contributed by atoms with Gasteiger partial charge in [-0.1, -0.05) is 19.4 Å². The van der Waals surface area contributed by atoms with E-state index in [1.165, 1.54) is 0 Å². The van der Waals surface area contributed by atoms with Crippen LogP contribution in [0.15, 0.2) is 24.3 Å². The molecule has 2 N–H and O–H groups in total. The maximum Gasteiger partial charge on any atom is 0.230 e. The molecule has 0 aliphatic carbocycles. The lowest BCUT2D eigenvalue weighted by Crippen LogP contribution is -2.44. The van der Waals surface area contributed by atoms with Gasteiger partial charge in [0.2, 0.25) is 5.91 Å². The van der Waals surface area contributed by atoms with Crippen LogP contribution in [0.3, 0.4) is 0 Å². The number of anilines is 1. The molecular formula is C17H26N2O2. The highest BCUT2D eigenvalue weighted by atomic mass is 16.5. The average Bonchev–Trinajstić information content (AvgIpc) is 2.49. The van der Waals surface area contributed by atoms with Crippen LogP contribution in [0.2, 0.25) is 0 Å². The molecule has 1 aromatic rings. The molecule has 1 amide bonds. The molecule has 1 aliphatic heterocycles. The molecule has 0 unspecified atom stereocenters. The Bertz CT molecular complexity index is 462. The Hall–Kier alpha value is -1.55. The molecule has 0 aromatic heterocycles. The van der Waals surface area contributed by atoms with E-state index >= 15 is 0 Å². The van der Waals surface area contributed by atoms with Gasteiger partial charge in [-0.25, -0.2) is 0 Å². The zero-order valence-electron chi connectivity index (χ0n) is 13.1. The summed E-state index contributed by atoms with van der Waals surface area (Å²) < 4.78 is 5.48. The molecular weight excluding hydrogens is 264 g/mol. The van der Waals surface area contributed by atoms with Gasteiger partial charge in [0.25, 0.3) is 0 Å². The largest absolute Gasteiger partial charge is 0.494 e. The minimum atomic E-state index is -0.221. The highest BCUT2D eigenvalue weighted by Crippen LogP contribution is 2.35. The van der Waals surface area contributed by atoms with Gasteiger partial charge in [0, 0.05) is 11.8 Å².